The van der Waals surface area contributed by atoms with Crippen LogP contribution in [0.25, 0.3) is 0 Å². The van der Waals surface area contributed by atoms with Crippen LogP contribution in [0.3, 0.4) is 0 Å². The first-order valence-electron chi connectivity index (χ1n) is 9.23. The number of amidine groups is 1. The van der Waals surface area contributed by atoms with Gasteiger partial charge in [0.2, 0.25) is 5.91 Å². The molecule has 0 saturated heterocycles. The highest BCUT2D eigenvalue weighted by Gasteiger charge is 2.41. The van der Waals surface area contributed by atoms with Gasteiger partial charge < -0.3 is 15.0 Å². The molecular formula is C20H25N3O3S2. The Balaban J connectivity index is 1.85. The summed E-state index contributed by atoms with van der Waals surface area (Å²) in [5.41, 5.74) is 3.00. The van der Waals surface area contributed by atoms with Crippen molar-refractivity contribution in [3.8, 4) is 0 Å². The lowest BCUT2D eigenvalue weighted by Crippen LogP contribution is -2.37. The number of carbonyl (C=O) groups is 2. The molecule has 8 heteroatoms. The van der Waals surface area contributed by atoms with Crippen molar-refractivity contribution in [3.05, 3.63) is 44.8 Å². The molecule has 1 aromatic heterocycles. The zero-order chi connectivity index (χ0) is 20.3. The van der Waals surface area contributed by atoms with Gasteiger partial charge in [0.15, 0.2) is 5.17 Å². The topological polar surface area (TPSA) is 71.0 Å². The van der Waals surface area contributed by atoms with Gasteiger partial charge in [-0.15, -0.1) is 0 Å². The quantitative estimate of drug-likeness (QED) is 0.675. The van der Waals surface area contributed by atoms with Crippen molar-refractivity contribution in [2.75, 3.05) is 13.7 Å². The highest BCUT2D eigenvalue weighted by atomic mass is 32.2. The summed E-state index contributed by atoms with van der Waals surface area (Å²) in [5.74, 6) is 0.124. The lowest BCUT2D eigenvalue weighted by molar-refractivity contribution is -0.136. The molecule has 150 valence electrons. The van der Waals surface area contributed by atoms with E-state index in [2.05, 4.69) is 24.2 Å². The van der Waals surface area contributed by atoms with E-state index in [1.165, 1.54) is 18.9 Å². The summed E-state index contributed by atoms with van der Waals surface area (Å²) in [6.45, 7) is 6.76. The van der Waals surface area contributed by atoms with E-state index in [4.69, 9.17) is 4.74 Å². The van der Waals surface area contributed by atoms with Crippen LogP contribution in [0.2, 0.25) is 0 Å². The molecule has 1 N–H and O–H groups in total. The molecule has 0 unspecified atom stereocenters. The maximum Gasteiger partial charge on any atom is 0.338 e. The Bertz CT molecular complexity index is 841. The summed E-state index contributed by atoms with van der Waals surface area (Å²) in [6, 6.07) is 1.66. The normalized spacial score (nSPS) is 18.8. The zero-order valence-electron chi connectivity index (χ0n) is 16.5. The largest absolute Gasteiger partial charge is 0.466 e. The monoisotopic (exact) mass is 419 g/mol. The van der Waals surface area contributed by atoms with E-state index in [9.17, 15) is 9.59 Å². The molecule has 0 radical (unpaired) electrons. The van der Waals surface area contributed by atoms with Gasteiger partial charge >= 0.3 is 5.97 Å². The number of thiophene rings is 1. The van der Waals surface area contributed by atoms with E-state index in [0.717, 1.165) is 22.8 Å². The molecule has 0 bridgehead atoms. The maximum atomic E-state index is 12.5. The molecule has 1 amide bonds. The minimum absolute atomic E-state index is 0.0243. The van der Waals surface area contributed by atoms with E-state index in [0.29, 0.717) is 23.7 Å². The van der Waals surface area contributed by atoms with E-state index in [1.807, 2.05) is 34.1 Å². The van der Waals surface area contributed by atoms with Gasteiger partial charge in [0, 0.05) is 12.2 Å². The number of methoxy groups -OCH3 is 1. The minimum atomic E-state index is -0.394. The Kier molecular flexibility index (Phi) is 6.61. The van der Waals surface area contributed by atoms with Gasteiger partial charge in [-0.2, -0.15) is 11.3 Å². The van der Waals surface area contributed by atoms with Gasteiger partial charge in [0.25, 0.3) is 0 Å². The second kappa shape index (κ2) is 8.96. The van der Waals surface area contributed by atoms with Gasteiger partial charge in [-0.3, -0.25) is 4.79 Å². The number of ether oxygens (including phenoxy) is 1. The molecule has 3 heterocycles. The average Bonchev–Trinajstić information content (AvgIpc) is 3.30. The molecule has 2 aliphatic rings. The van der Waals surface area contributed by atoms with Crippen LogP contribution in [0.4, 0.5) is 0 Å². The number of nitrogens with one attached hydrogen (secondary N) is 1. The number of hydrogen-bond acceptors (Lipinski definition) is 7. The molecule has 0 fully saturated rings. The third kappa shape index (κ3) is 4.33. The standard InChI is InChI=1S/C20H25N3O3S2/c1-12(2)5-7-21-16(24)9-15-11-28-20-22-13(3)17(19(25)26-4)18(23(15)20)14-6-8-27-10-14/h6,8,10-12,18H,5,7,9H2,1-4H3,(H,21,24)/t18-/m0/s1. The fourth-order valence-corrected chi connectivity index (χ4v) is 4.86. The number of hydrogen-bond donors (Lipinski definition) is 1. The number of carbonyl (C=O) groups excluding carboxylic acids is 2. The number of nitrogens with zero attached hydrogens (tertiary/aromatic N) is 2. The first-order valence-corrected chi connectivity index (χ1v) is 11.1. The van der Waals surface area contributed by atoms with Gasteiger partial charge in [-0.05, 0) is 47.1 Å². The number of rotatable bonds is 7. The Morgan fingerprint density at radius 3 is 2.82 bits per heavy atom. The third-order valence-electron chi connectivity index (χ3n) is 4.65. The van der Waals surface area contributed by atoms with Gasteiger partial charge in [-0.25, -0.2) is 9.79 Å². The van der Waals surface area contributed by atoms with Crippen LogP contribution >= 0.6 is 23.1 Å². The lowest BCUT2D eigenvalue weighted by Gasteiger charge is -2.35. The Morgan fingerprint density at radius 2 is 2.18 bits per heavy atom. The van der Waals surface area contributed by atoms with Crippen LogP contribution in [0.5, 0.6) is 0 Å². The Labute approximate surface area is 173 Å². The molecule has 0 aliphatic carbocycles. The zero-order valence-corrected chi connectivity index (χ0v) is 18.2. The molecule has 0 spiro atoms. The van der Waals surface area contributed by atoms with Gasteiger partial charge in [0.1, 0.15) is 0 Å². The van der Waals surface area contributed by atoms with Crippen LogP contribution < -0.4 is 5.32 Å². The second-order valence-corrected chi connectivity index (χ2v) is 8.77. The SMILES string of the molecule is COC(=O)C1=C(C)N=C2SC=C(CC(=O)NCCC(C)C)N2[C@H]1c1ccsc1. The fourth-order valence-electron chi connectivity index (χ4n) is 3.21. The van der Waals surface area contributed by atoms with Crippen molar-refractivity contribution in [2.24, 2.45) is 10.9 Å². The minimum Gasteiger partial charge on any atom is -0.466 e. The molecule has 1 aromatic rings. The van der Waals surface area contributed by atoms with E-state index >= 15 is 0 Å². The number of aliphatic imine (C=N–C) groups is 1. The van der Waals surface area contributed by atoms with Crippen LogP contribution in [-0.4, -0.2) is 35.6 Å². The lowest BCUT2D eigenvalue weighted by atomic mass is 9.96. The summed E-state index contributed by atoms with van der Waals surface area (Å²) in [4.78, 5) is 31.6. The first kappa shape index (κ1) is 20.7. The fraction of sp³-hybridized carbons (Fsp3) is 0.450. The second-order valence-electron chi connectivity index (χ2n) is 7.15. The summed E-state index contributed by atoms with van der Waals surface area (Å²) >= 11 is 3.05. The van der Waals surface area contributed by atoms with Gasteiger partial charge in [-0.1, -0.05) is 25.6 Å². The molecular weight excluding hydrogens is 394 g/mol. The molecule has 1 atom stereocenters. The van der Waals surface area contributed by atoms with Crippen molar-refractivity contribution >= 4 is 40.1 Å². The van der Waals surface area contributed by atoms with Crippen molar-refractivity contribution in [3.63, 3.8) is 0 Å². The molecule has 6 nitrogen and oxygen atoms in total. The van der Waals surface area contributed by atoms with E-state index in [1.54, 1.807) is 11.3 Å². The van der Waals surface area contributed by atoms with E-state index < -0.39 is 5.97 Å². The number of fused-ring (bicyclic) bond motifs is 1. The Hall–Kier alpha value is -2.06. The smallest absolute Gasteiger partial charge is 0.338 e. The number of esters is 1. The summed E-state index contributed by atoms with van der Waals surface area (Å²) in [7, 11) is 1.38. The number of allylic oxidation sites excluding steroid dienone is 1. The molecule has 0 aromatic carbocycles. The number of thioether (sulfide) groups is 1. The van der Waals surface area contributed by atoms with Crippen LogP contribution in [0, 0.1) is 5.92 Å². The Morgan fingerprint density at radius 1 is 1.39 bits per heavy atom. The summed E-state index contributed by atoms with van der Waals surface area (Å²) in [5, 5.41) is 9.72. The first-order chi connectivity index (χ1) is 13.4. The predicted molar refractivity (Wildman–Crippen MR) is 114 cm³/mol. The highest BCUT2D eigenvalue weighted by Crippen LogP contribution is 2.45. The molecule has 0 saturated carbocycles. The van der Waals surface area contributed by atoms with Crippen molar-refractivity contribution in [1.29, 1.82) is 0 Å². The maximum absolute atomic E-state index is 12.5. The van der Waals surface area contributed by atoms with Crippen molar-refractivity contribution in [1.82, 2.24) is 10.2 Å². The summed E-state index contributed by atoms with van der Waals surface area (Å²) < 4.78 is 5.03. The predicted octanol–water partition coefficient (Wildman–Crippen LogP) is 4.05. The number of amides is 1. The van der Waals surface area contributed by atoms with Crippen molar-refractivity contribution in [2.45, 2.75) is 39.7 Å². The van der Waals surface area contributed by atoms with Crippen LogP contribution in [0.1, 0.15) is 45.2 Å². The van der Waals surface area contributed by atoms with Gasteiger partial charge in [0.05, 0.1) is 30.8 Å². The summed E-state index contributed by atoms with van der Waals surface area (Å²) in [6.07, 6.45) is 1.19. The van der Waals surface area contributed by atoms with Crippen molar-refractivity contribution < 1.29 is 14.3 Å². The third-order valence-corrected chi connectivity index (χ3v) is 6.24. The van der Waals surface area contributed by atoms with E-state index in [-0.39, 0.29) is 18.4 Å². The van der Waals surface area contributed by atoms with Crippen LogP contribution in [0.15, 0.2) is 44.2 Å². The molecule has 2 aliphatic heterocycles. The average molecular weight is 420 g/mol. The molecule has 3 rings (SSSR count). The highest BCUT2D eigenvalue weighted by molar-refractivity contribution is 8.16. The van der Waals surface area contributed by atoms with Crippen LogP contribution in [-0.2, 0) is 14.3 Å². The molecule has 28 heavy (non-hydrogen) atoms.